The fourth-order valence-corrected chi connectivity index (χ4v) is 3.63. The van der Waals surface area contributed by atoms with E-state index in [1.165, 1.54) is 11.8 Å². The minimum atomic E-state index is -3.08. The van der Waals surface area contributed by atoms with Crippen LogP contribution in [0.5, 0.6) is 0 Å². The van der Waals surface area contributed by atoms with E-state index in [4.69, 9.17) is 0 Å². The SMILES string of the molecule is CS(=O)(=O)NC1CCN(Cc2ccccc2Br)CC1. The van der Waals surface area contributed by atoms with Crippen LogP contribution in [0.1, 0.15) is 18.4 Å². The van der Waals surface area contributed by atoms with Crippen molar-refractivity contribution in [1.29, 1.82) is 0 Å². The molecule has 1 N–H and O–H groups in total. The average Bonchev–Trinajstić information content (AvgIpc) is 2.33. The molecule has 0 spiro atoms. The summed E-state index contributed by atoms with van der Waals surface area (Å²) in [6, 6.07) is 8.30. The summed E-state index contributed by atoms with van der Waals surface area (Å²) in [5.41, 5.74) is 1.28. The minimum Gasteiger partial charge on any atom is -0.299 e. The Morgan fingerprint density at radius 3 is 2.53 bits per heavy atom. The molecule has 0 saturated carbocycles. The summed E-state index contributed by atoms with van der Waals surface area (Å²) in [5, 5.41) is 0. The average molecular weight is 347 g/mol. The highest BCUT2D eigenvalue weighted by Crippen LogP contribution is 2.20. The molecule has 1 aromatic carbocycles. The van der Waals surface area contributed by atoms with Crippen LogP contribution >= 0.6 is 15.9 Å². The Balaban J connectivity index is 1.86. The quantitative estimate of drug-likeness (QED) is 0.906. The first kappa shape index (κ1) is 15.0. The van der Waals surface area contributed by atoms with Crippen molar-refractivity contribution in [3.63, 3.8) is 0 Å². The van der Waals surface area contributed by atoms with Gasteiger partial charge in [0.2, 0.25) is 10.0 Å². The summed E-state index contributed by atoms with van der Waals surface area (Å²) in [7, 11) is -3.08. The van der Waals surface area contributed by atoms with Gasteiger partial charge in [-0.3, -0.25) is 4.90 Å². The molecule has 0 bridgehead atoms. The lowest BCUT2D eigenvalue weighted by atomic mass is 10.1. The van der Waals surface area contributed by atoms with Gasteiger partial charge in [0.05, 0.1) is 6.26 Å². The minimum absolute atomic E-state index is 0.0884. The van der Waals surface area contributed by atoms with Crippen LogP contribution in [0, 0.1) is 0 Å². The van der Waals surface area contributed by atoms with Gasteiger partial charge in [-0.05, 0) is 24.5 Å². The molecule has 1 aliphatic rings. The number of hydrogen-bond acceptors (Lipinski definition) is 3. The molecule has 0 radical (unpaired) electrons. The number of nitrogens with zero attached hydrogens (tertiary/aromatic N) is 1. The number of rotatable bonds is 4. The first-order valence-corrected chi connectivity index (χ1v) is 9.05. The summed E-state index contributed by atoms with van der Waals surface area (Å²) >= 11 is 3.56. The van der Waals surface area contributed by atoms with Crippen LogP contribution in [0.2, 0.25) is 0 Å². The molecule has 0 unspecified atom stereocenters. The first-order valence-electron chi connectivity index (χ1n) is 6.37. The smallest absolute Gasteiger partial charge is 0.208 e. The van der Waals surface area contributed by atoms with Crippen LogP contribution in [0.3, 0.4) is 0 Å². The van der Waals surface area contributed by atoms with Gasteiger partial charge in [-0.1, -0.05) is 34.1 Å². The molecular formula is C13H19BrN2O2S. The maximum absolute atomic E-state index is 11.2. The molecule has 0 atom stereocenters. The lowest BCUT2D eigenvalue weighted by Crippen LogP contribution is -2.43. The molecule has 6 heteroatoms. The number of nitrogens with one attached hydrogen (secondary N) is 1. The van der Waals surface area contributed by atoms with E-state index in [-0.39, 0.29) is 6.04 Å². The molecule has 1 aliphatic heterocycles. The first-order chi connectivity index (χ1) is 8.94. The zero-order valence-corrected chi connectivity index (χ0v) is 13.4. The lowest BCUT2D eigenvalue weighted by molar-refractivity contribution is 0.199. The van der Waals surface area contributed by atoms with Crippen LogP contribution in [-0.4, -0.2) is 38.7 Å². The lowest BCUT2D eigenvalue weighted by Gasteiger charge is -2.32. The van der Waals surface area contributed by atoms with Crippen molar-refractivity contribution in [3.8, 4) is 0 Å². The molecule has 0 aliphatic carbocycles. The number of piperidine rings is 1. The second-order valence-electron chi connectivity index (χ2n) is 5.03. The van der Waals surface area contributed by atoms with E-state index < -0.39 is 10.0 Å². The van der Waals surface area contributed by atoms with Crippen molar-refractivity contribution < 1.29 is 8.42 Å². The summed E-state index contributed by atoms with van der Waals surface area (Å²) in [6.07, 6.45) is 2.97. The summed E-state index contributed by atoms with van der Waals surface area (Å²) < 4.78 is 26.2. The maximum atomic E-state index is 11.2. The standard InChI is InChI=1S/C13H19BrN2O2S/c1-19(17,18)15-12-6-8-16(9-7-12)10-11-4-2-3-5-13(11)14/h2-5,12,15H,6-10H2,1H3. The van der Waals surface area contributed by atoms with Crippen molar-refractivity contribution in [1.82, 2.24) is 9.62 Å². The van der Waals surface area contributed by atoms with E-state index in [1.807, 2.05) is 18.2 Å². The monoisotopic (exact) mass is 346 g/mol. The van der Waals surface area contributed by atoms with E-state index in [0.29, 0.717) is 0 Å². The number of benzene rings is 1. The number of hydrogen-bond donors (Lipinski definition) is 1. The Morgan fingerprint density at radius 1 is 1.32 bits per heavy atom. The van der Waals surface area contributed by atoms with Crippen molar-refractivity contribution in [3.05, 3.63) is 34.3 Å². The van der Waals surface area contributed by atoms with Crippen LogP contribution < -0.4 is 4.72 Å². The fraction of sp³-hybridized carbons (Fsp3) is 0.538. The summed E-state index contributed by atoms with van der Waals surface area (Å²) in [4.78, 5) is 2.36. The number of likely N-dealkylation sites (tertiary alicyclic amines) is 1. The Bertz CT molecular complexity index is 525. The van der Waals surface area contributed by atoms with Gasteiger partial charge in [0.25, 0.3) is 0 Å². The van der Waals surface area contributed by atoms with Gasteiger partial charge < -0.3 is 0 Å². The number of sulfonamides is 1. The van der Waals surface area contributed by atoms with Crippen LogP contribution in [-0.2, 0) is 16.6 Å². The molecular weight excluding hydrogens is 328 g/mol. The van der Waals surface area contributed by atoms with E-state index in [2.05, 4.69) is 31.6 Å². The zero-order valence-electron chi connectivity index (χ0n) is 11.0. The zero-order chi connectivity index (χ0) is 13.9. The molecule has 1 fully saturated rings. The predicted octanol–water partition coefficient (Wildman–Crippen LogP) is 1.96. The maximum Gasteiger partial charge on any atom is 0.208 e. The van der Waals surface area contributed by atoms with Crippen molar-refractivity contribution in [2.75, 3.05) is 19.3 Å². The topological polar surface area (TPSA) is 49.4 Å². The van der Waals surface area contributed by atoms with Crippen molar-refractivity contribution in [2.24, 2.45) is 0 Å². The molecule has 19 heavy (non-hydrogen) atoms. The molecule has 1 heterocycles. The third-order valence-corrected chi connectivity index (χ3v) is 4.86. The normalized spacial score (nSPS) is 18.6. The second kappa shape index (κ2) is 6.35. The molecule has 106 valence electrons. The van der Waals surface area contributed by atoms with Crippen molar-refractivity contribution in [2.45, 2.75) is 25.4 Å². The van der Waals surface area contributed by atoms with Gasteiger partial charge in [0.15, 0.2) is 0 Å². The van der Waals surface area contributed by atoms with Gasteiger partial charge in [0.1, 0.15) is 0 Å². The van der Waals surface area contributed by atoms with Crippen molar-refractivity contribution >= 4 is 26.0 Å². The predicted molar refractivity (Wildman–Crippen MR) is 80.4 cm³/mol. The van der Waals surface area contributed by atoms with E-state index >= 15 is 0 Å². The largest absolute Gasteiger partial charge is 0.299 e. The third kappa shape index (κ3) is 4.87. The van der Waals surface area contributed by atoms with Gasteiger partial charge in [-0.15, -0.1) is 0 Å². The van der Waals surface area contributed by atoms with Gasteiger partial charge in [-0.2, -0.15) is 0 Å². The third-order valence-electron chi connectivity index (χ3n) is 3.32. The molecule has 4 nitrogen and oxygen atoms in total. The fourth-order valence-electron chi connectivity index (χ4n) is 2.38. The van der Waals surface area contributed by atoms with E-state index in [0.717, 1.165) is 36.9 Å². The van der Waals surface area contributed by atoms with Crippen LogP contribution in [0.15, 0.2) is 28.7 Å². The summed E-state index contributed by atoms with van der Waals surface area (Å²) in [5.74, 6) is 0. The highest BCUT2D eigenvalue weighted by Gasteiger charge is 2.21. The van der Waals surface area contributed by atoms with Gasteiger partial charge in [0, 0.05) is 30.1 Å². The van der Waals surface area contributed by atoms with Gasteiger partial charge in [-0.25, -0.2) is 13.1 Å². The van der Waals surface area contributed by atoms with E-state index in [1.54, 1.807) is 0 Å². The highest BCUT2D eigenvalue weighted by atomic mass is 79.9. The Hall–Kier alpha value is -0.430. The van der Waals surface area contributed by atoms with Crippen LogP contribution in [0.25, 0.3) is 0 Å². The second-order valence-corrected chi connectivity index (χ2v) is 7.67. The Labute approximate surface area is 123 Å². The molecule has 0 amide bonds. The van der Waals surface area contributed by atoms with Crippen LogP contribution in [0.4, 0.5) is 0 Å². The molecule has 1 saturated heterocycles. The number of halogens is 1. The molecule has 0 aromatic heterocycles. The van der Waals surface area contributed by atoms with Gasteiger partial charge >= 0.3 is 0 Å². The van der Waals surface area contributed by atoms with E-state index in [9.17, 15) is 8.42 Å². The highest BCUT2D eigenvalue weighted by molar-refractivity contribution is 9.10. The Morgan fingerprint density at radius 2 is 1.95 bits per heavy atom. The Kier molecular flexibility index (Phi) is 5.00. The molecule has 2 rings (SSSR count). The molecule has 1 aromatic rings. The summed E-state index contributed by atoms with van der Waals surface area (Å²) in [6.45, 7) is 2.76.